The molecule has 1 aromatic carbocycles. The van der Waals surface area contributed by atoms with Gasteiger partial charge in [-0.2, -0.15) is 0 Å². The Balaban J connectivity index is 0.00000240. The van der Waals surface area contributed by atoms with Crippen LogP contribution in [0.2, 0.25) is 0 Å². The van der Waals surface area contributed by atoms with Gasteiger partial charge in [-0.3, -0.25) is 4.79 Å². The van der Waals surface area contributed by atoms with E-state index < -0.39 is 0 Å². The fraction of sp³-hybridized carbons (Fsp3) is 0.550. The highest BCUT2D eigenvalue weighted by molar-refractivity contribution is 5.85. The van der Waals surface area contributed by atoms with Crippen molar-refractivity contribution in [1.82, 2.24) is 25.0 Å². The number of amides is 1. The molecule has 0 unspecified atom stereocenters. The SMILES string of the molecule is CCOc1ccccc1OCC(=O)N1CCC(c2nnc3n2CCNC3)CC1.Cl. The van der Waals surface area contributed by atoms with Gasteiger partial charge < -0.3 is 24.3 Å². The van der Waals surface area contributed by atoms with Crippen molar-refractivity contribution < 1.29 is 14.3 Å². The van der Waals surface area contributed by atoms with Gasteiger partial charge in [0, 0.05) is 32.1 Å². The van der Waals surface area contributed by atoms with E-state index >= 15 is 0 Å². The lowest BCUT2D eigenvalue weighted by molar-refractivity contribution is -0.134. The normalized spacial score (nSPS) is 16.7. The van der Waals surface area contributed by atoms with E-state index in [-0.39, 0.29) is 24.9 Å². The average molecular weight is 422 g/mol. The van der Waals surface area contributed by atoms with E-state index in [2.05, 4.69) is 20.1 Å². The molecule has 2 aliphatic rings. The standard InChI is InChI=1S/C20H27N5O3.ClH/c1-2-27-16-5-3-4-6-17(16)28-14-19(26)24-10-7-15(8-11-24)20-23-22-18-13-21-9-12-25(18)20;/h3-6,15,21H,2,7-14H2,1H3;1H. The largest absolute Gasteiger partial charge is 0.490 e. The highest BCUT2D eigenvalue weighted by Gasteiger charge is 2.29. The molecule has 9 heteroatoms. The lowest BCUT2D eigenvalue weighted by Crippen LogP contribution is -2.41. The highest BCUT2D eigenvalue weighted by Crippen LogP contribution is 2.29. The number of hydrogen-bond donors (Lipinski definition) is 1. The number of aromatic nitrogens is 3. The molecule has 0 radical (unpaired) electrons. The maximum Gasteiger partial charge on any atom is 0.260 e. The van der Waals surface area contributed by atoms with Crippen LogP contribution in [-0.2, 0) is 17.9 Å². The molecule has 29 heavy (non-hydrogen) atoms. The van der Waals surface area contributed by atoms with Crippen LogP contribution in [0.1, 0.15) is 37.3 Å². The Morgan fingerprint density at radius 2 is 1.86 bits per heavy atom. The third-order valence-electron chi connectivity index (χ3n) is 5.36. The summed E-state index contributed by atoms with van der Waals surface area (Å²) >= 11 is 0. The number of piperidine rings is 1. The first-order valence-electron chi connectivity index (χ1n) is 10.0. The van der Waals surface area contributed by atoms with Crippen LogP contribution >= 0.6 is 12.4 Å². The minimum Gasteiger partial charge on any atom is -0.490 e. The zero-order valence-corrected chi connectivity index (χ0v) is 17.5. The molecule has 4 rings (SSSR count). The Bertz CT molecular complexity index is 820. The zero-order chi connectivity index (χ0) is 19.3. The number of fused-ring (bicyclic) bond motifs is 1. The Morgan fingerprint density at radius 1 is 1.14 bits per heavy atom. The predicted octanol–water partition coefficient (Wildman–Crippen LogP) is 1.99. The summed E-state index contributed by atoms with van der Waals surface area (Å²) in [6, 6.07) is 7.45. The number of carbonyl (C=O) groups excluding carboxylic acids is 1. The summed E-state index contributed by atoms with van der Waals surface area (Å²) in [5.41, 5.74) is 0. The third-order valence-corrected chi connectivity index (χ3v) is 5.36. The molecule has 2 aliphatic heterocycles. The summed E-state index contributed by atoms with van der Waals surface area (Å²) in [6.07, 6.45) is 1.82. The number of likely N-dealkylation sites (tertiary alicyclic amines) is 1. The van der Waals surface area contributed by atoms with Crippen LogP contribution < -0.4 is 14.8 Å². The Hall–Kier alpha value is -2.32. The maximum atomic E-state index is 12.6. The molecule has 0 spiro atoms. The fourth-order valence-corrected chi connectivity index (χ4v) is 3.88. The molecule has 1 fully saturated rings. The first kappa shape index (κ1) is 21.4. The summed E-state index contributed by atoms with van der Waals surface area (Å²) < 4.78 is 13.5. The van der Waals surface area contributed by atoms with Crippen molar-refractivity contribution in [2.24, 2.45) is 0 Å². The summed E-state index contributed by atoms with van der Waals surface area (Å²) in [7, 11) is 0. The van der Waals surface area contributed by atoms with Crippen molar-refractivity contribution in [3.8, 4) is 11.5 Å². The van der Waals surface area contributed by atoms with Gasteiger partial charge in [-0.25, -0.2) is 0 Å². The molecule has 0 bridgehead atoms. The monoisotopic (exact) mass is 421 g/mol. The van der Waals surface area contributed by atoms with E-state index in [9.17, 15) is 4.79 Å². The number of halogens is 1. The minimum absolute atomic E-state index is 0. The van der Waals surface area contributed by atoms with Gasteiger partial charge >= 0.3 is 0 Å². The first-order chi connectivity index (χ1) is 13.8. The van der Waals surface area contributed by atoms with Crippen molar-refractivity contribution in [3.05, 3.63) is 35.9 Å². The smallest absolute Gasteiger partial charge is 0.260 e. The minimum atomic E-state index is 0. The van der Waals surface area contributed by atoms with E-state index in [4.69, 9.17) is 9.47 Å². The van der Waals surface area contributed by atoms with E-state index in [0.29, 0.717) is 24.0 Å². The number of hydrogen-bond acceptors (Lipinski definition) is 6. The first-order valence-corrected chi connectivity index (χ1v) is 10.0. The van der Waals surface area contributed by atoms with Gasteiger partial charge in [0.25, 0.3) is 5.91 Å². The van der Waals surface area contributed by atoms with E-state index in [1.807, 2.05) is 36.1 Å². The van der Waals surface area contributed by atoms with Crippen molar-refractivity contribution in [2.45, 2.75) is 38.8 Å². The molecule has 8 nitrogen and oxygen atoms in total. The second-order valence-electron chi connectivity index (χ2n) is 7.13. The van der Waals surface area contributed by atoms with E-state index in [1.54, 1.807) is 0 Å². The molecule has 1 N–H and O–H groups in total. The van der Waals surface area contributed by atoms with Crippen LogP contribution in [0.4, 0.5) is 0 Å². The molecule has 1 amide bonds. The third kappa shape index (κ3) is 4.82. The van der Waals surface area contributed by atoms with Crippen LogP contribution in [0.5, 0.6) is 11.5 Å². The summed E-state index contributed by atoms with van der Waals surface area (Å²) in [5.74, 6) is 3.74. The molecule has 1 aromatic heterocycles. The number of carbonyl (C=O) groups is 1. The number of nitrogens with zero attached hydrogens (tertiary/aromatic N) is 4. The summed E-state index contributed by atoms with van der Waals surface area (Å²) in [4.78, 5) is 14.5. The van der Waals surface area contributed by atoms with Crippen molar-refractivity contribution in [2.75, 3.05) is 32.8 Å². The molecule has 3 heterocycles. The number of benzene rings is 1. The van der Waals surface area contributed by atoms with Gasteiger partial charge in [0.2, 0.25) is 0 Å². The van der Waals surface area contributed by atoms with Crippen molar-refractivity contribution >= 4 is 18.3 Å². The maximum absolute atomic E-state index is 12.6. The lowest BCUT2D eigenvalue weighted by Gasteiger charge is -2.32. The number of nitrogens with one attached hydrogen (secondary N) is 1. The summed E-state index contributed by atoms with van der Waals surface area (Å²) in [6.45, 7) is 6.62. The summed E-state index contributed by atoms with van der Waals surface area (Å²) in [5, 5.41) is 12.1. The molecule has 0 aliphatic carbocycles. The van der Waals surface area contributed by atoms with Crippen LogP contribution in [0.25, 0.3) is 0 Å². The van der Waals surface area contributed by atoms with Crippen LogP contribution in [0.3, 0.4) is 0 Å². The number of rotatable bonds is 6. The average Bonchev–Trinajstić information content (AvgIpc) is 3.17. The number of ether oxygens (including phenoxy) is 2. The molecule has 158 valence electrons. The predicted molar refractivity (Wildman–Crippen MR) is 111 cm³/mol. The second kappa shape index (κ2) is 9.93. The highest BCUT2D eigenvalue weighted by atomic mass is 35.5. The molecular weight excluding hydrogens is 394 g/mol. The lowest BCUT2D eigenvalue weighted by atomic mass is 9.95. The van der Waals surface area contributed by atoms with E-state index in [1.165, 1.54) is 0 Å². The quantitative estimate of drug-likeness (QED) is 0.768. The van der Waals surface area contributed by atoms with Crippen LogP contribution in [0, 0.1) is 0 Å². The van der Waals surface area contributed by atoms with Crippen LogP contribution in [-0.4, -0.2) is 58.4 Å². The molecule has 1 saturated heterocycles. The Morgan fingerprint density at radius 3 is 2.59 bits per heavy atom. The van der Waals surface area contributed by atoms with Gasteiger partial charge in [-0.15, -0.1) is 22.6 Å². The van der Waals surface area contributed by atoms with Crippen LogP contribution in [0.15, 0.2) is 24.3 Å². The molecule has 0 atom stereocenters. The Labute approximate surface area is 177 Å². The van der Waals surface area contributed by atoms with Gasteiger partial charge in [-0.05, 0) is 31.9 Å². The second-order valence-corrected chi connectivity index (χ2v) is 7.13. The molecule has 2 aromatic rings. The van der Waals surface area contributed by atoms with Crippen molar-refractivity contribution in [3.63, 3.8) is 0 Å². The zero-order valence-electron chi connectivity index (χ0n) is 16.7. The van der Waals surface area contributed by atoms with Gasteiger partial charge in [0.15, 0.2) is 18.1 Å². The van der Waals surface area contributed by atoms with Gasteiger partial charge in [0.05, 0.1) is 13.2 Å². The fourth-order valence-electron chi connectivity index (χ4n) is 3.88. The van der Waals surface area contributed by atoms with Gasteiger partial charge in [-0.1, -0.05) is 12.1 Å². The van der Waals surface area contributed by atoms with E-state index in [0.717, 1.165) is 57.2 Å². The van der Waals surface area contributed by atoms with Crippen molar-refractivity contribution in [1.29, 1.82) is 0 Å². The van der Waals surface area contributed by atoms with Gasteiger partial charge in [0.1, 0.15) is 11.6 Å². The molecular formula is C20H28ClN5O3. The molecule has 0 saturated carbocycles. The topological polar surface area (TPSA) is 81.5 Å². The number of para-hydroxylation sites is 2. The Kier molecular flexibility index (Phi) is 7.33.